The number of halogens is 2. The van der Waals surface area contributed by atoms with Gasteiger partial charge in [0.25, 0.3) is 0 Å². The quantitative estimate of drug-likeness (QED) is 0.226. The van der Waals surface area contributed by atoms with E-state index in [0.717, 1.165) is 8.67 Å². The van der Waals surface area contributed by atoms with Crippen LogP contribution in [0.3, 0.4) is 0 Å². The molecule has 5 aromatic rings. The van der Waals surface area contributed by atoms with Crippen LogP contribution in [0.15, 0.2) is 48.5 Å². The van der Waals surface area contributed by atoms with E-state index in [1.165, 1.54) is 50.1 Å². The maximum Gasteiger partial charge on any atom is 0.0937 e. The average molecular weight is 510 g/mol. The molecular formula is C22H14Cl2S5. The Morgan fingerprint density at radius 2 is 0.793 bits per heavy atom. The van der Waals surface area contributed by atoms with Crippen molar-refractivity contribution < 1.29 is 0 Å². The van der Waals surface area contributed by atoms with Gasteiger partial charge >= 0.3 is 0 Å². The smallest absolute Gasteiger partial charge is 0.0937 e. The van der Waals surface area contributed by atoms with Crippen molar-refractivity contribution in [1.29, 1.82) is 0 Å². The highest BCUT2D eigenvalue weighted by atomic mass is 35.5. The fourth-order valence-corrected chi connectivity index (χ4v) is 9.30. The largest absolute Gasteiger partial charge is 0.134 e. The van der Waals surface area contributed by atoms with E-state index in [0.29, 0.717) is 0 Å². The second kappa shape index (κ2) is 7.97. The van der Waals surface area contributed by atoms with Gasteiger partial charge in [-0.1, -0.05) is 23.2 Å². The van der Waals surface area contributed by atoms with Crippen molar-refractivity contribution in [2.75, 3.05) is 0 Å². The second-order valence-electron chi connectivity index (χ2n) is 6.62. The topological polar surface area (TPSA) is 0 Å². The zero-order valence-electron chi connectivity index (χ0n) is 15.4. The van der Waals surface area contributed by atoms with Crippen LogP contribution < -0.4 is 0 Å². The van der Waals surface area contributed by atoms with Gasteiger partial charge in [-0.2, -0.15) is 0 Å². The SMILES string of the molecule is Cc1cc(Cl)sc1-c1ccc(-c2ccc(-c3ccc(-c4sc(Cl)cc4C)s3)s2)s1. The predicted molar refractivity (Wildman–Crippen MR) is 137 cm³/mol. The van der Waals surface area contributed by atoms with Gasteiger partial charge in [0.15, 0.2) is 0 Å². The fraction of sp³-hybridized carbons (Fsp3) is 0.0909. The van der Waals surface area contributed by atoms with Gasteiger partial charge in [0.1, 0.15) is 0 Å². The average Bonchev–Trinajstić information content (AvgIpc) is 3.44. The Morgan fingerprint density at radius 1 is 0.483 bits per heavy atom. The maximum absolute atomic E-state index is 6.19. The van der Waals surface area contributed by atoms with Crippen molar-refractivity contribution in [3.63, 3.8) is 0 Å². The first-order valence-corrected chi connectivity index (χ1v) is 13.6. The Labute approximate surface area is 199 Å². The number of thiophene rings is 5. The molecule has 0 saturated carbocycles. The first kappa shape index (κ1) is 20.0. The van der Waals surface area contributed by atoms with E-state index in [9.17, 15) is 0 Å². The third-order valence-electron chi connectivity index (χ3n) is 4.53. The molecule has 7 heteroatoms. The molecule has 29 heavy (non-hydrogen) atoms. The van der Waals surface area contributed by atoms with Gasteiger partial charge < -0.3 is 0 Å². The summed E-state index contributed by atoms with van der Waals surface area (Å²) in [6.07, 6.45) is 0. The van der Waals surface area contributed by atoms with E-state index in [1.54, 1.807) is 22.7 Å². The van der Waals surface area contributed by atoms with E-state index in [-0.39, 0.29) is 0 Å². The number of rotatable bonds is 4. The molecule has 146 valence electrons. The van der Waals surface area contributed by atoms with Crippen molar-refractivity contribution >= 4 is 79.9 Å². The van der Waals surface area contributed by atoms with E-state index in [2.05, 4.69) is 50.2 Å². The Hall–Kier alpha value is -0.920. The molecule has 0 amide bonds. The zero-order chi connectivity index (χ0) is 20.1. The van der Waals surface area contributed by atoms with Crippen LogP contribution in [0.1, 0.15) is 11.1 Å². The minimum Gasteiger partial charge on any atom is -0.134 e. The number of hydrogen-bond donors (Lipinski definition) is 0. The molecule has 0 aliphatic carbocycles. The first-order valence-electron chi connectivity index (χ1n) is 8.81. The lowest BCUT2D eigenvalue weighted by molar-refractivity contribution is 1.56. The van der Waals surface area contributed by atoms with Gasteiger partial charge in [-0.25, -0.2) is 0 Å². The van der Waals surface area contributed by atoms with Crippen LogP contribution in [-0.2, 0) is 0 Å². The van der Waals surface area contributed by atoms with E-state index < -0.39 is 0 Å². The molecule has 0 saturated heterocycles. The third-order valence-corrected chi connectivity index (χ3v) is 11.3. The van der Waals surface area contributed by atoms with Crippen LogP contribution in [-0.4, -0.2) is 0 Å². The predicted octanol–water partition coefficient (Wildman–Crippen LogP) is 10.6. The fourth-order valence-electron chi connectivity index (χ4n) is 3.16. The first-order chi connectivity index (χ1) is 14.0. The summed E-state index contributed by atoms with van der Waals surface area (Å²) in [5.41, 5.74) is 2.49. The molecule has 0 bridgehead atoms. The normalized spacial score (nSPS) is 11.4. The number of hydrogen-bond acceptors (Lipinski definition) is 5. The molecule has 0 aromatic carbocycles. The van der Waals surface area contributed by atoms with Crippen molar-refractivity contribution in [2.45, 2.75) is 13.8 Å². The minimum atomic E-state index is 0.849. The Balaban J connectivity index is 1.43. The summed E-state index contributed by atoms with van der Waals surface area (Å²) < 4.78 is 1.70. The lowest BCUT2D eigenvalue weighted by Gasteiger charge is -1.94. The summed E-state index contributed by atoms with van der Waals surface area (Å²) in [6.45, 7) is 4.24. The van der Waals surface area contributed by atoms with Crippen molar-refractivity contribution in [3.8, 4) is 39.0 Å². The third kappa shape index (κ3) is 3.90. The van der Waals surface area contributed by atoms with Crippen molar-refractivity contribution in [2.24, 2.45) is 0 Å². The van der Waals surface area contributed by atoms with Crippen molar-refractivity contribution in [3.05, 3.63) is 68.3 Å². The van der Waals surface area contributed by atoms with Crippen LogP contribution in [0.2, 0.25) is 8.67 Å². The summed E-state index contributed by atoms with van der Waals surface area (Å²) in [6, 6.07) is 17.4. The molecule has 5 heterocycles. The summed E-state index contributed by atoms with van der Waals surface area (Å²) >= 11 is 21.2. The van der Waals surface area contributed by atoms with Gasteiger partial charge in [-0.15, -0.1) is 56.7 Å². The highest BCUT2D eigenvalue weighted by Crippen LogP contribution is 2.46. The lowest BCUT2D eigenvalue weighted by Crippen LogP contribution is -1.66. The standard InChI is InChI=1S/C22H14Cl2S5/c1-11-9-19(23)28-21(11)17-7-5-15(26-17)13-3-4-14(25-13)16-6-8-18(27-16)22-12(2)10-20(24)29-22/h3-10H,1-2H3. The minimum absolute atomic E-state index is 0.849. The van der Waals surface area contributed by atoms with Gasteiger partial charge in [-0.05, 0) is 73.5 Å². The van der Waals surface area contributed by atoms with Crippen molar-refractivity contribution in [1.82, 2.24) is 0 Å². The highest BCUT2D eigenvalue weighted by Gasteiger charge is 2.14. The van der Waals surface area contributed by atoms with Crippen LogP contribution >= 0.6 is 79.9 Å². The second-order valence-corrected chi connectivity index (χ2v) is 13.2. The molecule has 0 aliphatic heterocycles. The molecule has 5 rings (SSSR count). The number of aryl methyl sites for hydroxylation is 2. The molecule has 0 unspecified atom stereocenters. The molecule has 0 radical (unpaired) electrons. The molecule has 0 fully saturated rings. The Morgan fingerprint density at radius 3 is 1.10 bits per heavy atom. The Kier molecular flexibility index (Phi) is 5.50. The van der Waals surface area contributed by atoms with Gasteiger partial charge in [0.05, 0.1) is 8.67 Å². The van der Waals surface area contributed by atoms with E-state index >= 15 is 0 Å². The zero-order valence-corrected chi connectivity index (χ0v) is 21.0. The van der Waals surface area contributed by atoms with E-state index in [1.807, 2.05) is 46.1 Å². The molecular weight excluding hydrogens is 495 g/mol. The maximum atomic E-state index is 6.19. The Bertz CT molecular complexity index is 1210. The van der Waals surface area contributed by atoms with Gasteiger partial charge in [-0.3, -0.25) is 0 Å². The molecule has 0 atom stereocenters. The summed E-state index contributed by atoms with van der Waals surface area (Å²) in [4.78, 5) is 10.3. The van der Waals surface area contributed by atoms with Crippen LogP contribution in [0.25, 0.3) is 39.0 Å². The molecule has 0 nitrogen and oxygen atoms in total. The summed E-state index contributed by atoms with van der Waals surface area (Å²) in [5, 5.41) is 0. The van der Waals surface area contributed by atoms with Gasteiger partial charge in [0.2, 0.25) is 0 Å². The van der Waals surface area contributed by atoms with Gasteiger partial charge in [0, 0.05) is 39.0 Å². The molecule has 0 aliphatic rings. The summed E-state index contributed by atoms with van der Waals surface area (Å²) in [7, 11) is 0. The monoisotopic (exact) mass is 508 g/mol. The van der Waals surface area contributed by atoms with Crippen LogP contribution in [0.4, 0.5) is 0 Å². The van der Waals surface area contributed by atoms with Crippen LogP contribution in [0, 0.1) is 13.8 Å². The summed E-state index contributed by atoms with van der Waals surface area (Å²) in [5.74, 6) is 0. The van der Waals surface area contributed by atoms with Crippen LogP contribution in [0.5, 0.6) is 0 Å². The molecule has 5 aromatic heterocycles. The molecule has 0 N–H and O–H groups in total. The van der Waals surface area contributed by atoms with E-state index in [4.69, 9.17) is 23.2 Å². The highest BCUT2D eigenvalue weighted by molar-refractivity contribution is 7.30. The molecule has 0 spiro atoms. The lowest BCUT2D eigenvalue weighted by atomic mass is 10.2.